The van der Waals surface area contributed by atoms with Crippen LogP contribution in [0.25, 0.3) is 0 Å². The van der Waals surface area contributed by atoms with Gasteiger partial charge in [-0.2, -0.15) is 0 Å². The minimum atomic E-state index is -0.318. The molecule has 0 aliphatic heterocycles. The number of methoxy groups -OCH3 is 2. The fourth-order valence-electron chi connectivity index (χ4n) is 2.29. The standard InChI is InChI=1S/C19H24FN3O3.HI/c1-21-19(22-9-10-26-17-6-4-5-15(20)11-17)23-13-14-7-8-16(24-2)12-18(14)25-3;/h4-8,11-12H,9-10,13H2,1-3H3,(H2,21,22,23);1H. The fraction of sp³-hybridized carbons (Fsp3) is 0.316. The summed E-state index contributed by atoms with van der Waals surface area (Å²) < 4.78 is 29.1. The third kappa shape index (κ3) is 7.49. The van der Waals surface area contributed by atoms with Crippen molar-refractivity contribution >= 4 is 29.9 Å². The summed E-state index contributed by atoms with van der Waals surface area (Å²) >= 11 is 0. The van der Waals surface area contributed by atoms with Crippen LogP contribution in [0.3, 0.4) is 0 Å². The number of hydrogen-bond acceptors (Lipinski definition) is 4. The molecule has 0 saturated heterocycles. The molecule has 0 heterocycles. The van der Waals surface area contributed by atoms with Gasteiger partial charge in [0.05, 0.1) is 20.8 Å². The van der Waals surface area contributed by atoms with Gasteiger partial charge in [-0.15, -0.1) is 24.0 Å². The van der Waals surface area contributed by atoms with Crippen LogP contribution in [0.2, 0.25) is 0 Å². The van der Waals surface area contributed by atoms with Gasteiger partial charge in [0.1, 0.15) is 29.7 Å². The van der Waals surface area contributed by atoms with Crippen LogP contribution in [0.1, 0.15) is 5.56 Å². The predicted molar refractivity (Wildman–Crippen MR) is 115 cm³/mol. The summed E-state index contributed by atoms with van der Waals surface area (Å²) in [6.07, 6.45) is 0. The number of halogens is 2. The van der Waals surface area contributed by atoms with Crippen molar-refractivity contribution in [3.8, 4) is 17.2 Å². The van der Waals surface area contributed by atoms with Crippen molar-refractivity contribution in [1.82, 2.24) is 10.6 Å². The molecule has 0 amide bonds. The lowest BCUT2D eigenvalue weighted by atomic mass is 10.2. The van der Waals surface area contributed by atoms with Crippen LogP contribution in [-0.2, 0) is 6.54 Å². The molecule has 0 aromatic heterocycles. The van der Waals surface area contributed by atoms with E-state index in [2.05, 4.69) is 15.6 Å². The van der Waals surface area contributed by atoms with Gasteiger partial charge < -0.3 is 24.8 Å². The largest absolute Gasteiger partial charge is 0.497 e. The van der Waals surface area contributed by atoms with Crippen molar-refractivity contribution in [2.75, 3.05) is 34.4 Å². The molecule has 8 heteroatoms. The second-order valence-corrected chi connectivity index (χ2v) is 5.34. The highest BCUT2D eigenvalue weighted by Gasteiger charge is 2.06. The first kappa shape index (κ1) is 22.8. The average molecular weight is 489 g/mol. The quantitative estimate of drug-likeness (QED) is 0.258. The lowest BCUT2D eigenvalue weighted by Crippen LogP contribution is -2.38. The zero-order valence-corrected chi connectivity index (χ0v) is 18.0. The van der Waals surface area contributed by atoms with E-state index >= 15 is 0 Å². The number of nitrogens with one attached hydrogen (secondary N) is 2. The van der Waals surface area contributed by atoms with E-state index in [1.165, 1.54) is 12.1 Å². The normalized spacial score (nSPS) is 10.6. The molecular weight excluding hydrogens is 464 g/mol. The van der Waals surface area contributed by atoms with E-state index in [1.54, 1.807) is 33.4 Å². The molecule has 27 heavy (non-hydrogen) atoms. The van der Waals surface area contributed by atoms with Gasteiger partial charge in [0.25, 0.3) is 0 Å². The maximum Gasteiger partial charge on any atom is 0.191 e. The molecule has 0 unspecified atom stereocenters. The Bertz CT molecular complexity index is 744. The van der Waals surface area contributed by atoms with E-state index in [9.17, 15) is 4.39 Å². The molecule has 2 aromatic carbocycles. The molecule has 6 nitrogen and oxygen atoms in total. The Morgan fingerprint density at radius 2 is 1.85 bits per heavy atom. The predicted octanol–water partition coefficient (Wildman–Crippen LogP) is 3.20. The summed E-state index contributed by atoms with van der Waals surface area (Å²) in [6, 6.07) is 11.7. The fourth-order valence-corrected chi connectivity index (χ4v) is 2.29. The van der Waals surface area contributed by atoms with Crippen molar-refractivity contribution in [1.29, 1.82) is 0 Å². The maximum atomic E-state index is 13.1. The minimum absolute atomic E-state index is 0. The van der Waals surface area contributed by atoms with Crippen molar-refractivity contribution < 1.29 is 18.6 Å². The van der Waals surface area contributed by atoms with Crippen molar-refractivity contribution in [3.63, 3.8) is 0 Å². The van der Waals surface area contributed by atoms with E-state index in [-0.39, 0.29) is 29.8 Å². The van der Waals surface area contributed by atoms with E-state index < -0.39 is 0 Å². The number of nitrogens with zero attached hydrogens (tertiary/aromatic N) is 1. The first-order valence-corrected chi connectivity index (χ1v) is 8.20. The Morgan fingerprint density at radius 1 is 1.04 bits per heavy atom. The second kappa shape index (κ2) is 12.2. The molecule has 2 rings (SSSR count). The minimum Gasteiger partial charge on any atom is -0.497 e. The molecule has 0 bridgehead atoms. The highest BCUT2D eigenvalue weighted by molar-refractivity contribution is 14.0. The third-order valence-electron chi connectivity index (χ3n) is 3.62. The Morgan fingerprint density at radius 3 is 2.52 bits per heavy atom. The molecule has 148 valence electrons. The van der Waals surface area contributed by atoms with Gasteiger partial charge in [0.15, 0.2) is 5.96 Å². The van der Waals surface area contributed by atoms with Gasteiger partial charge in [0, 0.05) is 31.3 Å². The number of ether oxygens (including phenoxy) is 3. The van der Waals surface area contributed by atoms with Crippen LogP contribution in [0, 0.1) is 5.82 Å². The van der Waals surface area contributed by atoms with Crippen molar-refractivity contribution in [3.05, 3.63) is 53.8 Å². The highest BCUT2D eigenvalue weighted by Crippen LogP contribution is 2.24. The summed E-state index contributed by atoms with van der Waals surface area (Å²) in [7, 11) is 4.92. The summed E-state index contributed by atoms with van der Waals surface area (Å²) in [5, 5.41) is 6.35. The molecule has 0 fully saturated rings. The lowest BCUT2D eigenvalue weighted by Gasteiger charge is -2.14. The number of guanidine groups is 1. The van der Waals surface area contributed by atoms with Gasteiger partial charge in [-0.05, 0) is 24.3 Å². The van der Waals surface area contributed by atoms with Crippen LogP contribution in [0.5, 0.6) is 17.2 Å². The SMILES string of the molecule is CN=C(NCCOc1cccc(F)c1)NCc1ccc(OC)cc1OC.I. The van der Waals surface area contributed by atoms with E-state index in [4.69, 9.17) is 14.2 Å². The Hall–Kier alpha value is -2.23. The van der Waals surface area contributed by atoms with Gasteiger partial charge in [0.2, 0.25) is 0 Å². The molecule has 0 aliphatic carbocycles. The number of benzene rings is 2. The summed E-state index contributed by atoms with van der Waals surface area (Å²) in [6.45, 7) is 1.45. The van der Waals surface area contributed by atoms with Crippen LogP contribution >= 0.6 is 24.0 Å². The molecule has 2 aromatic rings. The van der Waals surface area contributed by atoms with E-state index in [0.717, 1.165) is 17.1 Å². The topological polar surface area (TPSA) is 64.1 Å². The zero-order chi connectivity index (χ0) is 18.8. The smallest absolute Gasteiger partial charge is 0.191 e. The molecule has 0 aliphatic rings. The first-order valence-electron chi connectivity index (χ1n) is 8.20. The first-order chi connectivity index (χ1) is 12.7. The Kier molecular flexibility index (Phi) is 10.3. The van der Waals surface area contributed by atoms with Crippen LogP contribution in [0.4, 0.5) is 4.39 Å². The number of aliphatic imine (C=N–C) groups is 1. The van der Waals surface area contributed by atoms with E-state index in [0.29, 0.717) is 31.4 Å². The molecule has 2 N–H and O–H groups in total. The Labute approximate surface area is 176 Å². The van der Waals surface area contributed by atoms with Gasteiger partial charge in [-0.25, -0.2) is 4.39 Å². The average Bonchev–Trinajstić information content (AvgIpc) is 2.67. The molecule has 0 atom stereocenters. The van der Waals surface area contributed by atoms with Crippen LogP contribution in [0.15, 0.2) is 47.5 Å². The van der Waals surface area contributed by atoms with Gasteiger partial charge >= 0.3 is 0 Å². The zero-order valence-electron chi connectivity index (χ0n) is 15.6. The summed E-state index contributed by atoms with van der Waals surface area (Å²) in [5.74, 6) is 2.29. The maximum absolute atomic E-state index is 13.1. The second-order valence-electron chi connectivity index (χ2n) is 5.34. The Balaban J connectivity index is 0.00000364. The third-order valence-corrected chi connectivity index (χ3v) is 3.62. The van der Waals surface area contributed by atoms with Gasteiger partial charge in [-0.1, -0.05) is 6.07 Å². The molecule has 0 spiro atoms. The number of hydrogen-bond donors (Lipinski definition) is 2. The summed E-state index contributed by atoms with van der Waals surface area (Å²) in [4.78, 5) is 4.16. The molecule has 0 radical (unpaired) electrons. The van der Waals surface area contributed by atoms with Gasteiger partial charge in [-0.3, -0.25) is 4.99 Å². The van der Waals surface area contributed by atoms with Crippen molar-refractivity contribution in [2.24, 2.45) is 4.99 Å². The highest BCUT2D eigenvalue weighted by atomic mass is 127. The monoisotopic (exact) mass is 489 g/mol. The number of rotatable bonds is 8. The van der Waals surface area contributed by atoms with Crippen molar-refractivity contribution in [2.45, 2.75) is 6.54 Å². The molecule has 0 saturated carbocycles. The molecular formula is C19H25FIN3O3. The van der Waals surface area contributed by atoms with Crippen LogP contribution in [-0.4, -0.2) is 40.4 Å². The summed E-state index contributed by atoms with van der Waals surface area (Å²) in [5.41, 5.74) is 0.979. The van der Waals surface area contributed by atoms with E-state index in [1.807, 2.05) is 18.2 Å². The lowest BCUT2D eigenvalue weighted by molar-refractivity contribution is 0.320. The van der Waals surface area contributed by atoms with Crippen LogP contribution < -0.4 is 24.8 Å².